The summed E-state index contributed by atoms with van der Waals surface area (Å²) in [7, 11) is 3.02. The molecule has 1 aromatic carbocycles. The molecule has 27 heavy (non-hydrogen) atoms. The third-order valence-electron chi connectivity index (χ3n) is 4.21. The topological polar surface area (TPSA) is 78.8 Å². The number of aromatic nitrogens is 1. The number of methoxy groups -OCH3 is 2. The standard InChI is InChI=1S/C20H28N2O5/c1-7-8-9-21-19(24)27-17-12-22(20(2,3)4)18(23)14-11-16(26-6)15(25-5)10-13(14)17/h10-12H,7-9H2,1-6H3,(H,21,24). The first-order valence-electron chi connectivity index (χ1n) is 9.00. The summed E-state index contributed by atoms with van der Waals surface area (Å²) in [5.74, 6) is 1.18. The molecule has 0 aliphatic carbocycles. The molecule has 148 valence electrons. The molecule has 1 aromatic heterocycles. The largest absolute Gasteiger partial charge is 0.493 e. The summed E-state index contributed by atoms with van der Waals surface area (Å²) in [6.07, 6.45) is 2.84. The lowest BCUT2D eigenvalue weighted by molar-refractivity contribution is 0.200. The van der Waals surface area contributed by atoms with Gasteiger partial charge in [-0.1, -0.05) is 13.3 Å². The van der Waals surface area contributed by atoms with Gasteiger partial charge in [-0.3, -0.25) is 4.79 Å². The Morgan fingerprint density at radius 2 is 1.67 bits per heavy atom. The van der Waals surface area contributed by atoms with E-state index in [1.54, 1.807) is 22.9 Å². The van der Waals surface area contributed by atoms with Gasteiger partial charge in [0.05, 0.1) is 25.8 Å². The number of hydrogen-bond donors (Lipinski definition) is 1. The number of nitrogens with zero attached hydrogens (tertiary/aromatic N) is 1. The number of ether oxygens (including phenoxy) is 3. The van der Waals surface area contributed by atoms with Crippen LogP contribution in [0.15, 0.2) is 23.1 Å². The predicted octanol–water partition coefficient (Wildman–Crippen LogP) is 3.66. The number of carbonyl (C=O) groups excluding carboxylic acids is 1. The molecular formula is C20H28N2O5. The second kappa shape index (κ2) is 8.33. The van der Waals surface area contributed by atoms with Crippen molar-refractivity contribution < 1.29 is 19.0 Å². The molecule has 1 amide bonds. The fraction of sp³-hybridized carbons (Fsp3) is 0.500. The maximum Gasteiger partial charge on any atom is 0.412 e. The Morgan fingerprint density at radius 3 is 2.19 bits per heavy atom. The van der Waals surface area contributed by atoms with Crippen molar-refractivity contribution in [2.45, 2.75) is 46.1 Å². The van der Waals surface area contributed by atoms with Crippen molar-refractivity contribution in [3.63, 3.8) is 0 Å². The van der Waals surface area contributed by atoms with E-state index in [1.807, 2.05) is 27.7 Å². The zero-order valence-corrected chi connectivity index (χ0v) is 16.8. The van der Waals surface area contributed by atoms with Crippen LogP contribution in [0.4, 0.5) is 4.79 Å². The Bertz CT molecular complexity index is 881. The van der Waals surface area contributed by atoms with Crippen molar-refractivity contribution in [2.24, 2.45) is 0 Å². The van der Waals surface area contributed by atoms with Crippen molar-refractivity contribution in [3.05, 3.63) is 28.7 Å². The molecule has 0 saturated carbocycles. The molecule has 0 aliphatic heterocycles. The molecule has 0 radical (unpaired) electrons. The number of nitrogens with one attached hydrogen (secondary N) is 1. The summed E-state index contributed by atoms with van der Waals surface area (Å²) in [5.41, 5.74) is -0.688. The van der Waals surface area contributed by atoms with Gasteiger partial charge in [0, 0.05) is 17.5 Å². The zero-order chi connectivity index (χ0) is 20.2. The van der Waals surface area contributed by atoms with Crippen LogP contribution in [0.3, 0.4) is 0 Å². The van der Waals surface area contributed by atoms with Gasteiger partial charge in [0.2, 0.25) is 0 Å². The van der Waals surface area contributed by atoms with Crippen LogP contribution in [0.2, 0.25) is 0 Å². The van der Waals surface area contributed by atoms with E-state index in [0.29, 0.717) is 28.8 Å². The summed E-state index contributed by atoms with van der Waals surface area (Å²) in [6.45, 7) is 8.30. The van der Waals surface area contributed by atoms with E-state index >= 15 is 0 Å². The number of hydrogen-bond acceptors (Lipinski definition) is 5. The average Bonchev–Trinajstić information content (AvgIpc) is 2.62. The highest BCUT2D eigenvalue weighted by molar-refractivity contribution is 5.92. The molecule has 2 rings (SSSR count). The van der Waals surface area contributed by atoms with Gasteiger partial charge in [-0.25, -0.2) is 4.79 Å². The molecule has 7 heteroatoms. The van der Waals surface area contributed by atoms with E-state index in [4.69, 9.17) is 14.2 Å². The molecule has 0 aliphatic rings. The smallest absolute Gasteiger partial charge is 0.412 e. The van der Waals surface area contributed by atoms with Gasteiger partial charge in [-0.05, 0) is 39.3 Å². The van der Waals surface area contributed by atoms with E-state index in [9.17, 15) is 9.59 Å². The van der Waals surface area contributed by atoms with Crippen LogP contribution in [0, 0.1) is 0 Å². The highest BCUT2D eigenvalue weighted by atomic mass is 16.6. The Kier molecular flexibility index (Phi) is 6.36. The van der Waals surface area contributed by atoms with E-state index in [2.05, 4.69) is 5.32 Å². The molecule has 0 bridgehead atoms. The summed E-state index contributed by atoms with van der Waals surface area (Å²) in [5, 5.41) is 3.60. The number of carbonyl (C=O) groups is 1. The van der Waals surface area contributed by atoms with Crippen LogP contribution in [-0.4, -0.2) is 31.4 Å². The van der Waals surface area contributed by atoms with Crippen molar-refractivity contribution in [2.75, 3.05) is 20.8 Å². The third-order valence-corrected chi connectivity index (χ3v) is 4.21. The minimum atomic E-state index is -0.557. The van der Waals surface area contributed by atoms with Gasteiger partial charge in [-0.2, -0.15) is 0 Å². The van der Waals surface area contributed by atoms with Crippen molar-refractivity contribution in [1.82, 2.24) is 9.88 Å². The van der Waals surface area contributed by atoms with Gasteiger partial charge in [0.1, 0.15) is 0 Å². The van der Waals surface area contributed by atoms with Crippen LogP contribution in [-0.2, 0) is 5.54 Å². The van der Waals surface area contributed by atoms with E-state index < -0.39 is 11.6 Å². The minimum Gasteiger partial charge on any atom is -0.493 e. The Labute approximate surface area is 159 Å². The molecular weight excluding hydrogens is 348 g/mol. The average molecular weight is 376 g/mol. The number of fused-ring (bicyclic) bond motifs is 1. The molecule has 0 unspecified atom stereocenters. The predicted molar refractivity (Wildman–Crippen MR) is 105 cm³/mol. The summed E-state index contributed by atoms with van der Waals surface area (Å²) in [4.78, 5) is 25.2. The van der Waals surface area contributed by atoms with Crippen LogP contribution < -0.4 is 25.1 Å². The molecule has 0 fully saturated rings. The summed E-state index contributed by atoms with van der Waals surface area (Å²) < 4.78 is 17.7. The zero-order valence-electron chi connectivity index (χ0n) is 16.8. The molecule has 0 saturated heterocycles. The summed E-state index contributed by atoms with van der Waals surface area (Å²) in [6, 6.07) is 3.26. The van der Waals surface area contributed by atoms with E-state index in [1.165, 1.54) is 14.2 Å². The molecule has 0 spiro atoms. The highest BCUT2D eigenvalue weighted by Gasteiger charge is 2.22. The number of pyridine rings is 1. The van der Waals surface area contributed by atoms with Crippen LogP contribution in [0.5, 0.6) is 17.2 Å². The molecule has 0 atom stereocenters. The third kappa shape index (κ3) is 4.53. The molecule has 1 N–H and O–H groups in total. The fourth-order valence-corrected chi connectivity index (χ4v) is 2.72. The maximum absolute atomic E-state index is 13.0. The van der Waals surface area contributed by atoms with Crippen LogP contribution >= 0.6 is 0 Å². The lowest BCUT2D eigenvalue weighted by Crippen LogP contribution is -2.34. The SMILES string of the molecule is CCCCNC(=O)Oc1cn(C(C)(C)C)c(=O)c2cc(OC)c(OC)cc12. The lowest BCUT2D eigenvalue weighted by Gasteiger charge is -2.24. The van der Waals surface area contributed by atoms with Gasteiger partial charge in [-0.15, -0.1) is 0 Å². The fourth-order valence-electron chi connectivity index (χ4n) is 2.72. The second-order valence-electron chi connectivity index (χ2n) is 7.26. The van der Waals surface area contributed by atoms with Gasteiger partial charge in [0.25, 0.3) is 5.56 Å². The van der Waals surface area contributed by atoms with Crippen LogP contribution in [0.1, 0.15) is 40.5 Å². The van der Waals surface area contributed by atoms with Crippen molar-refractivity contribution >= 4 is 16.9 Å². The van der Waals surface area contributed by atoms with Gasteiger partial charge < -0.3 is 24.1 Å². The number of amides is 1. The van der Waals surface area contributed by atoms with Crippen LogP contribution in [0.25, 0.3) is 10.8 Å². The number of benzene rings is 1. The molecule has 1 heterocycles. The Hall–Kier alpha value is -2.70. The normalized spacial score (nSPS) is 11.3. The first kappa shape index (κ1) is 20.6. The highest BCUT2D eigenvalue weighted by Crippen LogP contribution is 2.35. The number of unbranched alkanes of at least 4 members (excludes halogenated alkanes) is 1. The quantitative estimate of drug-likeness (QED) is 0.779. The Balaban J connectivity index is 2.64. The van der Waals surface area contributed by atoms with Gasteiger partial charge in [0.15, 0.2) is 17.2 Å². The second-order valence-corrected chi connectivity index (χ2v) is 7.26. The maximum atomic E-state index is 13.0. The first-order valence-corrected chi connectivity index (χ1v) is 9.00. The molecule has 7 nitrogen and oxygen atoms in total. The van der Waals surface area contributed by atoms with E-state index in [0.717, 1.165) is 12.8 Å². The monoisotopic (exact) mass is 376 g/mol. The lowest BCUT2D eigenvalue weighted by atomic mass is 10.1. The Morgan fingerprint density at radius 1 is 1.07 bits per heavy atom. The number of rotatable bonds is 6. The molecule has 2 aromatic rings. The van der Waals surface area contributed by atoms with Gasteiger partial charge >= 0.3 is 6.09 Å². The summed E-state index contributed by atoms with van der Waals surface area (Å²) >= 11 is 0. The van der Waals surface area contributed by atoms with E-state index in [-0.39, 0.29) is 11.3 Å². The first-order chi connectivity index (χ1) is 12.7. The minimum absolute atomic E-state index is 0.197. The van der Waals surface area contributed by atoms with Crippen molar-refractivity contribution in [3.8, 4) is 17.2 Å². The van der Waals surface area contributed by atoms with Crippen molar-refractivity contribution in [1.29, 1.82) is 0 Å².